The Morgan fingerprint density at radius 1 is 0.702 bits per heavy atom. The Balaban J connectivity index is 1.48. The molecule has 0 amide bonds. The van der Waals surface area contributed by atoms with Gasteiger partial charge in [0.2, 0.25) is 0 Å². The molecule has 47 heavy (non-hydrogen) atoms. The Bertz CT molecular complexity index is 2150. The Hall–Kier alpha value is -5.67. The molecule has 0 fully saturated rings. The van der Waals surface area contributed by atoms with Gasteiger partial charge in [-0.05, 0) is 71.4 Å². The highest BCUT2D eigenvalue weighted by molar-refractivity contribution is 5.88. The van der Waals surface area contributed by atoms with Gasteiger partial charge in [-0.15, -0.1) is 0 Å². The van der Waals surface area contributed by atoms with Crippen LogP contribution in [0.5, 0.6) is 0 Å². The van der Waals surface area contributed by atoms with Crippen molar-refractivity contribution in [3.8, 4) is 33.9 Å². The third kappa shape index (κ3) is 5.14. The molecule has 5 aromatic rings. The maximum atomic E-state index is 5.17. The summed E-state index contributed by atoms with van der Waals surface area (Å²) in [5.74, 6) is 2.04. The molecule has 1 atom stereocenters. The van der Waals surface area contributed by atoms with Crippen LogP contribution in [0.2, 0.25) is 0 Å². The average molecular weight is 608 g/mol. The lowest BCUT2D eigenvalue weighted by molar-refractivity contribution is 0.767. The largest absolute Gasteiger partial charge is 0.209 e. The SMILES string of the molecule is C=C/C=C(\C=C/C)C1(c2ccccc2)c2ccccc2-c2ccc(-c3nc(C4=CC(C)=C(/C=C\C)C4)nc(-c4ccccc4)n3)cc21. The van der Waals surface area contributed by atoms with Crippen LogP contribution >= 0.6 is 0 Å². The smallest absolute Gasteiger partial charge is 0.164 e. The first-order valence-electron chi connectivity index (χ1n) is 16.2. The third-order valence-corrected chi connectivity index (χ3v) is 9.19. The summed E-state index contributed by atoms with van der Waals surface area (Å²) in [4.78, 5) is 15.3. The molecule has 0 aliphatic heterocycles. The van der Waals surface area contributed by atoms with Gasteiger partial charge in [0.25, 0.3) is 0 Å². The van der Waals surface area contributed by atoms with Crippen molar-refractivity contribution in [3.05, 3.63) is 191 Å². The van der Waals surface area contributed by atoms with E-state index in [-0.39, 0.29) is 0 Å². The quantitative estimate of drug-likeness (QED) is 0.165. The third-order valence-electron chi connectivity index (χ3n) is 9.19. The lowest BCUT2D eigenvalue weighted by atomic mass is 9.66. The summed E-state index contributed by atoms with van der Waals surface area (Å²) in [6.07, 6.45) is 15.6. The summed E-state index contributed by atoms with van der Waals surface area (Å²) < 4.78 is 0. The summed E-state index contributed by atoms with van der Waals surface area (Å²) in [6, 6.07) is 36.5. The summed E-state index contributed by atoms with van der Waals surface area (Å²) in [5.41, 5.74) is 12.2. The zero-order valence-electron chi connectivity index (χ0n) is 27.1. The molecule has 0 spiro atoms. The van der Waals surface area contributed by atoms with Crippen LogP contribution in [0.15, 0.2) is 169 Å². The second kappa shape index (κ2) is 12.6. The number of allylic oxidation sites excluding steroid dienone is 11. The van der Waals surface area contributed by atoms with Crippen LogP contribution in [-0.2, 0) is 5.41 Å². The molecule has 3 heteroatoms. The topological polar surface area (TPSA) is 38.7 Å². The van der Waals surface area contributed by atoms with E-state index in [2.05, 4.69) is 149 Å². The molecule has 2 aliphatic carbocycles. The highest BCUT2D eigenvalue weighted by Crippen LogP contribution is 2.57. The van der Waals surface area contributed by atoms with Crippen LogP contribution < -0.4 is 0 Å². The fourth-order valence-electron chi connectivity index (χ4n) is 7.16. The minimum absolute atomic E-state index is 0.557. The maximum Gasteiger partial charge on any atom is 0.164 e. The average Bonchev–Trinajstić information content (AvgIpc) is 3.64. The molecule has 0 saturated carbocycles. The second-order valence-corrected chi connectivity index (χ2v) is 12.0. The van der Waals surface area contributed by atoms with Crippen LogP contribution in [-0.4, -0.2) is 15.0 Å². The molecule has 3 nitrogen and oxygen atoms in total. The van der Waals surface area contributed by atoms with Gasteiger partial charge in [-0.1, -0.05) is 146 Å². The lowest BCUT2D eigenvalue weighted by Crippen LogP contribution is -2.29. The van der Waals surface area contributed by atoms with Gasteiger partial charge >= 0.3 is 0 Å². The van der Waals surface area contributed by atoms with Gasteiger partial charge in [-0.3, -0.25) is 0 Å². The maximum absolute atomic E-state index is 5.17. The number of nitrogens with zero attached hydrogens (tertiary/aromatic N) is 3. The molecule has 7 rings (SSSR count). The molecule has 0 saturated heterocycles. The number of hydrogen-bond donors (Lipinski definition) is 0. The van der Waals surface area contributed by atoms with Gasteiger partial charge < -0.3 is 0 Å². The van der Waals surface area contributed by atoms with Crippen LogP contribution in [0, 0.1) is 0 Å². The molecular weight excluding hydrogens is 571 g/mol. The molecule has 0 radical (unpaired) electrons. The monoisotopic (exact) mass is 607 g/mol. The van der Waals surface area contributed by atoms with Crippen molar-refractivity contribution in [1.29, 1.82) is 0 Å². The number of hydrogen-bond acceptors (Lipinski definition) is 3. The normalized spacial score (nSPS) is 17.3. The van der Waals surface area contributed by atoms with Gasteiger partial charge in [0.05, 0.1) is 5.41 Å². The summed E-state index contributed by atoms with van der Waals surface area (Å²) >= 11 is 0. The minimum atomic E-state index is -0.557. The molecule has 0 N–H and O–H groups in total. The van der Waals surface area contributed by atoms with E-state index in [0.717, 1.165) is 28.7 Å². The van der Waals surface area contributed by atoms with Crippen molar-refractivity contribution in [1.82, 2.24) is 15.0 Å². The number of rotatable bonds is 8. The first-order chi connectivity index (χ1) is 23.1. The van der Waals surface area contributed by atoms with Crippen molar-refractivity contribution in [3.63, 3.8) is 0 Å². The van der Waals surface area contributed by atoms with Crippen LogP contribution in [0.1, 0.15) is 49.7 Å². The summed E-state index contributed by atoms with van der Waals surface area (Å²) in [5, 5.41) is 0. The zero-order chi connectivity index (χ0) is 32.4. The van der Waals surface area contributed by atoms with E-state index >= 15 is 0 Å². The first kappa shape index (κ1) is 30.0. The van der Waals surface area contributed by atoms with E-state index < -0.39 is 5.41 Å². The van der Waals surface area contributed by atoms with E-state index in [9.17, 15) is 0 Å². The van der Waals surface area contributed by atoms with E-state index in [0.29, 0.717) is 17.5 Å². The molecule has 1 unspecified atom stereocenters. The number of fused-ring (bicyclic) bond motifs is 3. The number of benzene rings is 4. The van der Waals surface area contributed by atoms with Crippen molar-refractivity contribution in [2.75, 3.05) is 0 Å². The highest BCUT2D eigenvalue weighted by Gasteiger charge is 2.46. The van der Waals surface area contributed by atoms with Crippen LogP contribution in [0.3, 0.4) is 0 Å². The summed E-state index contributed by atoms with van der Waals surface area (Å²) in [7, 11) is 0. The highest BCUT2D eigenvalue weighted by atomic mass is 15.0. The van der Waals surface area contributed by atoms with Crippen molar-refractivity contribution in [2.45, 2.75) is 32.6 Å². The van der Waals surface area contributed by atoms with E-state index in [1.54, 1.807) is 0 Å². The van der Waals surface area contributed by atoms with E-state index in [1.807, 2.05) is 24.3 Å². The molecule has 228 valence electrons. The van der Waals surface area contributed by atoms with Crippen LogP contribution in [0.25, 0.3) is 39.5 Å². The molecule has 2 aliphatic rings. The predicted octanol–water partition coefficient (Wildman–Crippen LogP) is 10.9. The van der Waals surface area contributed by atoms with Gasteiger partial charge in [-0.2, -0.15) is 0 Å². The fourth-order valence-corrected chi connectivity index (χ4v) is 7.16. The second-order valence-electron chi connectivity index (χ2n) is 12.0. The lowest BCUT2D eigenvalue weighted by Gasteiger charge is -2.35. The fraction of sp³-hybridized carbons (Fsp3) is 0.114. The molecule has 0 bridgehead atoms. The van der Waals surface area contributed by atoms with Gasteiger partial charge in [-0.25, -0.2) is 15.0 Å². The first-order valence-corrected chi connectivity index (χ1v) is 16.2. The van der Waals surface area contributed by atoms with Crippen molar-refractivity contribution >= 4 is 5.57 Å². The zero-order valence-corrected chi connectivity index (χ0v) is 27.1. The van der Waals surface area contributed by atoms with Crippen molar-refractivity contribution < 1.29 is 0 Å². The van der Waals surface area contributed by atoms with E-state index in [1.165, 1.54) is 39.0 Å². The van der Waals surface area contributed by atoms with Crippen molar-refractivity contribution in [2.24, 2.45) is 0 Å². The Morgan fingerprint density at radius 2 is 1.36 bits per heavy atom. The van der Waals surface area contributed by atoms with Crippen LogP contribution in [0.4, 0.5) is 0 Å². The Kier molecular flexibility index (Phi) is 8.05. The molecule has 1 aromatic heterocycles. The predicted molar refractivity (Wildman–Crippen MR) is 196 cm³/mol. The van der Waals surface area contributed by atoms with Gasteiger partial charge in [0, 0.05) is 23.1 Å². The Morgan fingerprint density at radius 3 is 2.09 bits per heavy atom. The van der Waals surface area contributed by atoms with Gasteiger partial charge in [0.15, 0.2) is 17.5 Å². The van der Waals surface area contributed by atoms with E-state index in [4.69, 9.17) is 15.0 Å². The Labute approximate surface area is 277 Å². The molecular formula is C44H37N3. The molecule has 4 aromatic carbocycles. The number of aromatic nitrogens is 3. The minimum Gasteiger partial charge on any atom is -0.209 e. The molecule has 1 heterocycles. The van der Waals surface area contributed by atoms with Gasteiger partial charge in [0.1, 0.15) is 0 Å². The summed E-state index contributed by atoms with van der Waals surface area (Å²) in [6.45, 7) is 10.4. The standard InChI is InChI=1S/C44H37N3/c1-5-16-32-28-34(27-30(32)4)43-46-41(31-19-10-8-11-20-31)45-42(47-43)33-25-26-38-37-23-14-15-24-39(37)44(40(38)29-33,35(17-6-2)18-7-3)36-21-12-9-13-22-36/h5-27,29H,2,28H2,1,3-4H3/b16-5-,18-7-,35-17+.